The Labute approximate surface area is 93.0 Å². The standard InChI is InChI=1S/C13H11NO2/c1-2-9-7-8-12(14-13(15)16)11-6-4-3-5-10(9)11/h2-8,14H,1H2,(H,15,16). The number of carboxylic acid groups (broad SMARTS) is 1. The third-order valence-corrected chi connectivity index (χ3v) is 2.42. The van der Waals surface area contributed by atoms with E-state index in [0.29, 0.717) is 5.69 Å². The minimum absolute atomic E-state index is 0.591. The molecule has 0 bridgehead atoms. The van der Waals surface area contributed by atoms with E-state index in [1.54, 1.807) is 12.1 Å². The fourth-order valence-electron chi connectivity index (χ4n) is 1.72. The molecule has 2 aromatic rings. The van der Waals surface area contributed by atoms with Crippen LogP contribution in [0.15, 0.2) is 43.0 Å². The number of fused-ring (bicyclic) bond motifs is 1. The smallest absolute Gasteiger partial charge is 0.409 e. The fourth-order valence-corrected chi connectivity index (χ4v) is 1.72. The lowest BCUT2D eigenvalue weighted by molar-refractivity contribution is 0.210. The van der Waals surface area contributed by atoms with E-state index < -0.39 is 6.09 Å². The first-order chi connectivity index (χ1) is 7.72. The molecule has 0 aliphatic rings. The Balaban J connectivity index is 2.69. The minimum Gasteiger partial charge on any atom is -0.465 e. The summed E-state index contributed by atoms with van der Waals surface area (Å²) >= 11 is 0. The number of benzene rings is 2. The highest BCUT2D eigenvalue weighted by Crippen LogP contribution is 2.27. The van der Waals surface area contributed by atoms with Crippen LogP contribution in [-0.4, -0.2) is 11.2 Å². The summed E-state index contributed by atoms with van der Waals surface area (Å²) in [5.74, 6) is 0. The van der Waals surface area contributed by atoms with Crippen molar-refractivity contribution < 1.29 is 9.90 Å². The van der Waals surface area contributed by atoms with Crippen LogP contribution in [-0.2, 0) is 0 Å². The Morgan fingerprint density at radius 3 is 2.50 bits per heavy atom. The molecule has 80 valence electrons. The van der Waals surface area contributed by atoms with Crippen LogP contribution in [0.1, 0.15) is 5.56 Å². The molecule has 0 radical (unpaired) electrons. The van der Waals surface area contributed by atoms with Crippen molar-refractivity contribution in [3.8, 4) is 0 Å². The normalized spacial score (nSPS) is 10.0. The largest absolute Gasteiger partial charge is 0.465 e. The van der Waals surface area contributed by atoms with Crippen molar-refractivity contribution in [3.05, 3.63) is 48.5 Å². The van der Waals surface area contributed by atoms with E-state index in [0.717, 1.165) is 16.3 Å². The van der Waals surface area contributed by atoms with E-state index in [-0.39, 0.29) is 0 Å². The van der Waals surface area contributed by atoms with E-state index in [1.165, 1.54) is 0 Å². The van der Waals surface area contributed by atoms with Crippen molar-refractivity contribution in [2.75, 3.05) is 5.32 Å². The highest BCUT2D eigenvalue weighted by Gasteiger charge is 2.05. The first-order valence-electron chi connectivity index (χ1n) is 4.86. The van der Waals surface area contributed by atoms with Gasteiger partial charge >= 0.3 is 6.09 Å². The van der Waals surface area contributed by atoms with E-state index in [4.69, 9.17) is 5.11 Å². The summed E-state index contributed by atoms with van der Waals surface area (Å²) in [5.41, 5.74) is 1.58. The summed E-state index contributed by atoms with van der Waals surface area (Å²) in [7, 11) is 0. The maximum Gasteiger partial charge on any atom is 0.409 e. The monoisotopic (exact) mass is 213 g/mol. The Morgan fingerprint density at radius 1 is 1.19 bits per heavy atom. The summed E-state index contributed by atoms with van der Waals surface area (Å²) in [6, 6.07) is 11.2. The maximum atomic E-state index is 10.6. The van der Waals surface area contributed by atoms with Gasteiger partial charge in [0.2, 0.25) is 0 Å². The number of anilines is 1. The first-order valence-corrected chi connectivity index (χ1v) is 4.86. The summed E-state index contributed by atoms with van der Waals surface area (Å²) in [4.78, 5) is 10.6. The van der Waals surface area contributed by atoms with E-state index >= 15 is 0 Å². The van der Waals surface area contributed by atoms with Crippen LogP contribution < -0.4 is 5.32 Å². The van der Waals surface area contributed by atoms with Crippen molar-refractivity contribution in [3.63, 3.8) is 0 Å². The van der Waals surface area contributed by atoms with Gasteiger partial charge in [-0.15, -0.1) is 0 Å². The first kappa shape index (κ1) is 10.2. The number of nitrogens with one attached hydrogen (secondary N) is 1. The van der Waals surface area contributed by atoms with Crippen LogP contribution in [0.25, 0.3) is 16.8 Å². The lowest BCUT2D eigenvalue weighted by Crippen LogP contribution is -2.07. The zero-order chi connectivity index (χ0) is 11.5. The molecule has 0 heterocycles. The molecular formula is C13H11NO2. The second-order valence-electron chi connectivity index (χ2n) is 3.38. The maximum absolute atomic E-state index is 10.6. The summed E-state index contributed by atoms with van der Waals surface area (Å²) < 4.78 is 0. The van der Waals surface area contributed by atoms with Gasteiger partial charge in [0.25, 0.3) is 0 Å². The Bertz CT molecular complexity index is 561. The van der Waals surface area contributed by atoms with Gasteiger partial charge in [-0.05, 0) is 17.0 Å². The molecule has 3 heteroatoms. The third kappa shape index (κ3) is 1.75. The molecule has 0 saturated heterocycles. The molecule has 0 saturated carbocycles. The third-order valence-electron chi connectivity index (χ3n) is 2.42. The topological polar surface area (TPSA) is 49.3 Å². The second-order valence-corrected chi connectivity index (χ2v) is 3.38. The molecule has 0 fully saturated rings. The molecule has 1 amide bonds. The zero-order valence-corrected chi connectivity index (χ0v) is 8.60. The molecule has 0 atom stereocenters. The van der Waals surface area contributed by atoms with Gasteiger partial charge in [0.15, 0.2) is 0 Å². The zero-order valence-electron chi connectivity index (χ0n) is 8.60. The second kappa shape index (κ2) is 4.06. The Kier molecular flexibility index (Phi) is 2.60. The minimum atomic E-state index is -1.06. The molecule has 0 aromatic heterocycles. The molecule has 2 N–H and O–H groups in total. The van der Waals surface area contributed by atoms with E-state index in [1.807, 2.05) is 30.3 Å². The molecule has 3 nitrogen and oxygen atoms in total. The van der Waals surface area contributed by atoms with Gasteiger partial charge in [-0.3, -0.25) is 5.32 Å². The summed E-state index contributed by atoms with van der Waals surface area (Å²) in [5, 5.41) is 13.0. The lowest BCUT2D eigenvalue weighted by Gasteiger charge is -2.08. The number of hydrogen-bond donors (Lipinski definition) is 2. The van der Waals surface area contributed by atoms with Crippen molar-refractivity contribution in [2.45, 2.75) is 0 Å². The molecule has 0 unspecified atom stereocenters. The molecular weight excluding hydrogens is 202 g/mol. The molecule has 0 aliphatic heterocycles. The van der Waals surface area contributed by atoms with Gasteiger partial charge in [0.1, 0.15) is 0 Å². The molecule has 2 rings (SSSR count). The van der Waals surface area contributed by atoms with Crippen LogP contribution in [0.3, 0.4) is 0 Å². The van der Waals surface area contributed by atoms with Gasteiger partial charge in [0, 0.05) is 5.39 Å². The molecule has 0 spiro atoms. The van der Waals surface area contributed by atoms with Gasteiger partial charge in [-0.25, -0.2) is 4.79 Å². The van der Waals surface area contributed by atoms with Gasteiger partial charge in [-0.2, -0.15) is 0 Å². The quantitative estimate of drug-likeness (QED) is 0.801. The number of amides is 1. The predicted molar refractivity (Wildman–Crippen MR) is 65.7 cm³/mol. The van der Waals surface area contributed by atoms with Crippen LogP contribution in [0.4, 0.5) is 10.5 Å². The number of rotatable bonds is 2. The van der Waals surface area contributed by atoms with Crippen LogP contribution in [0.2, 0.25) is 0 Å². The van der Waals surface area contributed by atoms with E-state index in [2.05, 4.69) is 11.9 Å². The molecule has 2 aromatic carbocycles. The van der Waals surface area contributed by atoms with E-state index in [9.17, 15) is 4.79 Å². The lowest BCUT2D eigenvalue weighted by atomic mass is 10.0. The highest BCUT2D eigenvalue weighted by atomic mass is 16.4. The van der Waals surface area contributed by atoms with Crippen LogP contribution >= 0.6 is 0 Å². The Morgan fingerprint density at radius 2 is 1.88 bits per heavy atom. The van der Waals surface area contributed by atoms with Gasteiger partial charge in [-0.1, -0.05) is 43.0 Å². The number of hydrogen-bond acceptors (Lipinski definition) is 1. The van der Waals surface area contributed by atoms with Crippen molar-refractivity contribution in [1.82, 2.24) is 0 Å². The van der Waals surface area contributed by atoms with Crippen LogP contribution in [0, 0.1) is 0 Å². The van der Waals surface area contributed by atoms with Gasteiger partial charge < -0.3 is 5.11 Å². The Hall–Kier alpha value is -2.29. The average Bonchev–Trinajstić information content (AvgIpc) is 2.29. The van der Waals surface area contributed by atoms with Crippen LogP contribution in [0.5, 0.6) is 0 Å². The molecule has 16 heavy (non-hydrogen) atoms. The van der Waals surface area contributed by atoms with Gasteiger partial charge in [0.05, 0.1) is 5.69 Å². The fraction of sp³-hybridized carbons (Fsp3) is 0. The van der Waals surface area contributed by atoms with Crippen molar-refractivity contribution in [2.24, 2.45) is 0 Å². The summed E-state index contributed by atoms with van der Waals surface area (Å²) in [6.07, 6.45) is 0.698. The summed E-state index contributed by atoms with van der Waals surface area (Å²) in [6.45, 7) is 3.73. The average molecular weight is 213 g/mol. The molecule has 0 aliphatic carbocycles. The SMILES string of the molecule is C=Cc1ccc(NC(=O)O)c2ccccc12. The highest BCUT2D eigenvalue weighted by molar-refractivity contribution is 6.03. The van der Waals surface area contributed by atoms with Crippen molar-refractivity contribution >= 4 is 28.6 Å². The predicted octanol–water partition coefficient (Wildman–Crippen LogP) is 3.57. The van der Waals surface area contributed by atoms with Crippen molar-refractivity contribution in [1.29, 1.82) is 0 Å². The number of carbonyl (C=O) groups is 1.